The molecule has 0 aromatic heterocycles. The molecule has 2 aromatic carbocycles. The molecular formula is C13H10OS. The van der Waals surface area contributed by atoms with E-state index in [0.717, 1.165) is 10.8 Å². The number of hydrogen-bond donors (Lipinski definition) is 2. The Morgan fingerprint density at radius 3 is 2.73 bits per heavy atom. The lowest BCUT2D eigenvalue weighted by Crippen LogP contribution is -1.80. The fraction of sp³-hybridized carbons (Fsp3) is 0.0769. The second-order valence-corrected chi connectivity index (χ2v) is 3.46. The normalized spacial score (nSPS) is 9.67. The van der Waals surface area contributed by atoms with E-state index in [1.54, 1.807) is 0 Å². The first-order chi connectivity index (χ1) is 7.33. The summed E-state index contributed by atoms with van der Waals surface area (Å²) in [6.07, 6.45) is 0. The second-order valence-electron chi connectivity index (χ2n) is 3.14. The fourth-order valence-corrected chi connectivity index (χ4v) is 1.57. The van der Waals surface area contributed by atoms with Gasteiger partial charge in [-0.2, -0.15) is 12.6 Å². The van der Waals surface area contributed by atoms with Crippen LogP contribution in [0.5, 0.6) is 5.75 Å². The number of phenols is 1. The highest BCUT2D eigenvalue weighted by molar-refractivity contribution is 7.80. The first-order valence-electron chi connectivity index (χ1n) is 4.63. The highest BCUT2D eigenvalue weighted by Gasteiger charge is 2.02. The molecule has 0 saturated carbocycles. The zero-order valence-corrected chi connectivity index (χ0v) is 8.96. The highest BCUT2D eigenvalue weighted by Crippen LogP contribution is 2.27. The Labute approximate surface area is 94.2 Å². The van der Waals surface area contributed by atoms with Gasteiger partial charge in [0.1, 0.15) is 5.75 Å². The van der Waals surface area contributed by atoms with E-state index in [2.05, 4.69) is 24.5 Å². The number of thiol groups is 1. The maximum absolute atomic E-state index is 9.95. The van der Waals surface area contributed by atoms with Crippen LogP contribution >= 0.6 is 12.6 Å². The van der Waals surface area contributed by atoms with Crippen molar-refractivity contribution >= 4 is 23.4 Å². The predicted molar refractivity (Wildman–Crippen MR) is 66.3 cm³/mol. The fourth-order valence-electron chi connectivity index (χ4n) is 1.49. The minimum atomic E-state index is 0.252. The van der Waals surface area contributed by atoms with E-state index < -0.39 is 0 Å². The molecular weight excluding hydrogens is 204 g/mol. The van der Waals surface area contributed by atoms with Crippen LogP contribution in [-0.4, -0.2) is 10.9 Å². The third-order valence-electron chi connectivity index (χ3n) is 2.20. The van der Waals surface area contributed by atoms with Crippen LogP contribution in [0.3, 0.4) is 0 Å². The topological polar surface area (TPSA) is 20.2 Å². The molecule has 0 aliphatic carbocycles. The summed E-state index contributed by atoms with van der Waals surface area (Å²) in [4.78, 5) is 0. The molecule has 2 rings (SSSR count). The lowest BCUT2D eigenvalue weighted by atomic mass is 10.1. The highest BCUT2D eigenvalue weighted by atomic mass is 32.1. The molecule has 0 radical (unpaired) electrons. The maximum Gasteiger partial charge on any atom is 0.139 e. The van der Waals surface area contributed by atoms with E-state index in [0.29, 0.717) is 11.3 Å². The number of aromatic hydroxyl groups is 1. The molecule has 0 fully saturated rings. The van der Waals surface area contributed by atoms with Crippen LogP contribution in [0.1, 0.15) is 5.56 Å². The summed E-state index contributed by atoms with van der Waals surface area (Å²) in [5.74, 6) is 6.45. The minimum Gasteiger partial charge on any atom is -0.506 e. The molecule has 2 aromatic rings. The molecule has 0 amide bonds. The summed E-state index contributed by atoms with van der Waals surface area (Å²) in [6, 6.07) is 11.5. The Morgan fingerprint density at radius 1 is 1.13 bits per heavy atom. The van der Waals surface area contributed by atoms with E-state index in [-0.39, 0.29) is 5.75 Å². The van der Waals surface area contributed by atoms with Crippen molar-refractivity contribution < 1.29 is 5.11 Å². The molecule has 15 heavy (non-hydrogen) atoms. The van der Waals surface area contributed by atoms with Gasteiger partial charge in [0.2, 0.25) is 0 Å². The van der Waals surface area contributed by atoms with Gasteiger partial charge in [-0.15, -0.1) is 0 Å². The van der Waals surface area contributed by atoms with Crippen molar-refractivity contribution in [1.82, 2.24) is 0 Å². The first-order valence-corrected chi connectivity index (χ1v) is 5.26. The average Bonchev–Trinajstić information content (AvgIpc) is 2.29. The largest absolute Gasteiger partial charge is 0.506 e. The molecule has 0 aliphatic rings. The van der Waals surface area contributed by atoms with E-state index in [4.69, 9.17) is 0 Å². The van der Waals surface area contributed by atoms with Gasteiger partial charge in [0.15, 0.2) is 0 Å². The van der Waals surface area contributed by atoms with Crippen LogP contribution in [0.4, 0.5) is 0 Å². The molecule has 74 valence electrons. The monoisotopic (exact) mass is 214 g/mol. The molecule has 0 heterocycles. The standard InChI is InChI=1S/C13H10OS/c14-13-11(5-3-9-15)8-7-10-4-1-2-6-12(10)13/h1-2,4,6-8,14-15H,9H2. The van der Waals surface area contributed by atoms with Crippen LogP contribution < -0.4 is 0 Å². The Bertz CT molecular complexity index is 549. The Balaban J connectivity index is 2.65. The smallest absolute Gasteiger partial charge is 0.139 e. The number of phenolic OH excluding ortho intramolecular Hbond substituents is 1. The minimum absolute atomic E-state index is 0.252. The van der Waals surface area contributed by atoms with Gasteiger partial charge in [-0.3, -0.25) is 0 Å². The molecule has 1 nitrogen and oxygen atoms in total. The van der Waals surface area contributed by atoms with Gasteiger partial charge in [-0.1, -0.05) is 42.2 Å². The molecule has 1 N–H and O–H groups in total. The Morgan fingerprint density at radius 2 is 1.93 bits per heavy atom. The third-order valence-corrected chi connectivity index (χ3v) is 2.36. The summed E-state index contributed by atoms with van der Waals surface area (Å²) in [5.41, 5.74) is 0.655. The van der Waals surface area contributed by atoms with Crippen molar-refractivity contribution in [2.24, 2.45) is 0 Å². The SMILES string of the molecule is Oc1c(C#CCS)ccc2ccccc12. The maximum atomic E-state index is 9.95. The van der Waals surface area contributed by atoms with Gasteiger partial charge < -0.3 is 5.11 Å². The van der Waals surface area contributed by atoms with E-state index >= 15 is 0 Å². The van der Waals surface area contributed by atoms with Crippen LogP contribution in [-0.2, 0) is 0 Å². The van der Waals surface area contributed by atoms with Gasteiger partial charge >= 0.3 is 0 Å². The van der Waals surface area contributed by atoms with Crippen molar-refractivity contribution in [3.05, 3.63) is 42.0 Å². The summed E-state index contributed by atoms with van der Waals surface area (Å²) in [7, 11) is 0. The third kappa shape index (κ3) is 1.93. The number of benzene rings is 2. The lowest BCUT2D eigenvalue weighted by Gasteiger charge is -2.02. The van der Waals surface area contributed by atoms with Crippen molar-refractivity contribution in [2.75, 3.05) is 5.75 Å². The van der Waals surface area contributed by atoms with Gasteiger partial charge in [-0.05, 0) is 11.5 Å². The molecule has 2 heteroatoms. The molecule has 0 spiro atoms. The molecule has 0 bridgehead atoms. The van der Waals surface area contributed by atoms with Crippen molar-refractivity contribution in [1.29, 1.82) is 0 Å². The summed E-state index contributed by atoms with van der Waals surface area (Å²) in [6.45, 7) is 0. The molecule has 0 saturated heterocycles. The van der Waals surface area contributed by atoms with Gasteiger partial charge in [0.05, 0.1) is 11.3 Å². The van der Waals surface area contributed by atoms with E-state index in [9.17, 15) is 5.11 Å². The summed E-state index contributed by atoms with van der Waals surface area (Å²) in [5, 5.41) is 11.8. The average molecular weight is 214 g/mol. The zero-order valence-electron chi connectivity index (χ0n) is 8.07. The van der Waals surface area contributed by atoms with Crippen LogP contribution in [0.2, 0.25) is 0 Å². The van der Waals surface area contributed by atoms with Gasteiger partial charge in [-0.25, -0.2) is 0 Å². The van der Waals surface area contributed by atoms with E-state index in [1.807, 2.05) is 36.4 Å². The lowest BCUT2D eigenvalue weighted by molar-refractivity contribution is 0.480. The first kappa shape index (κ1) is 9.95. The second kappa shape index (κ2) is 4.29. The van der Waals surface area contributed by atoms with Crippen molar-refractivity contribution in [2.45, 2.75) is 0 Å². The van der Waals surface area contributed by atoms with Gasteiger partial charge in [0.25, 0.3) is 0 Å². The number of fused-ring (bicyclic) bond motifs is 1. The summed E-state index contributed by atoms with van der Waals surface area (Å²) >= 11 is 4.00. The Hall–Kier alpha value is -1.59. The van der Waals surface area contributed by atoms with E-state index in [1.165, 1.54) is 0 Å². The summed E-state index contributed by atoms with van der Waals surface area (Å²) < 4.78 is 0. The van der Waals surface area contributed by atoms with Crippen molar-refractivity contribution in [3.63, 3.8) is 0 Å². The van der Waals surface area contributed by atoms with Gasteiger partial charge in [0, 0.05) is 5.39 Å². The van der Waals surface area contributed by atoms with Crippen LogP contribution in [0, 0.1) is 11.8 Å². The Kier molecular flexibility index (Phi) is 2.84. The molecule has 0 atom stereocenters. The number of hydrogen-bond acceptors (Lipinski definition) is 2. The molecule has 0 unspecified atom stereocenters. The van der Waals surface area contributed by atoms with Crippen LogP contribution in [0.25, 0.3) is 10.8 Å². The van der Waals surface area contributed by atoms with Crippen LogP contribution in [0.15, 0.2) is 36.4 Å². The quantitative estimate of drug-likeness (QED) is 0.510. The number of rotatable bonds is 0. The molecule has 0 aliphatic heterocycles. The predicted octanol–water partition coefficient (Wildman–Crippen LogP) is 2.83. The zero-order chi connectivity index (χ0) is 10.7. The van der Waals surface area contributed by atoms with Crippen molar-refractivity contribution in [3.8, 4) is 17.6 Å².